The minimum absolute atomic E-state index is 0.124. The molecule has 0 aliphatic heterocycles. The Balaban J connectivity index is 3.45. The molecule has 0 fully saturated rings. The highest BCUT2D eigenvalue weighted by Gasteiger charge is 2.11. The third-order valence-electron chi connectivity index (χ3n) is 1.47. The summed E-state index contributed by atoms with van der Waals surface area (Å²) in [6, 6.07) is 0.507. The SMILES string of the molecule is C[N+](C)(CCl)CCCC(=O)[O-]. The van der Waals surface area contributed by atoms with Crippen LogP contribution >= 0.6 is 11.6 Å². The van der Waals surface area contributed by atoms with Gasteiger partial charge in [-0.15, -0.1) is 0 Å². The third-order valence-corrected chi connectivity index (χ3v) is 2.12. The molecule has 11 heavy (non-hydrogen) atoms. The first-order chi connectivity index (χ1) is 4.98. The van der Waals surface area contributed by atoms with Crippen molar-refractivity contribution in [1.29, 1.82) is 0 Å². The van der Waals surface area contributed by atoms with Gasteiger partial charge in [0.05, 0.1) is 20.6 Å². The van der Waals surface area contributed by atoms with Crippen molar-refractivity contribution >= 4 is 17.6 Å². The first-order valence-corrected chi connectivity index (χ1v) is 4.09. The lowest BCUT2D eigenvalue weighted by Crippen LogP contribution is -2.39. The van der Waals surface area contributed by atoms with Crippen LogP contribution in [0.2, 0.25) is 0 Å². The molecule has 0 atom stereocenters. The van der Waals surface area contributed by atoms with E-state index in [1.807, 2.05) is 14.1 Å². The quantitative estimate of drug-likeness (QED) is 0.333. The lowest BCUT2D eigenvalue weighted by atomic mass is 10.3. The van der Waals surface area contributed by atoms with E-state index in [4.69, 9.17) is 11.6 Å². The molecule has 0 aromatic rings. The number of hydrogen-bond acceptors (Lipinski definition) is 2. The number of rotatable bonds is 5. The number of aliphatic carboxylic acids is 1. The van der Waals surface area contributed by atoms with E-state index in [2.05, 4.69) is 0 Å². The van der Waals surface area contributed by atoms with Crippen LogP contribution in [0.4, 0.5) is 0 Å². The average molecular weight is 180 g/mol. The van der Waals surface area contributed by atoms with E-state index >= 15 is 0 Å². The van der Waals surface area contributed by atoms with E-state index in [-0.39, 0.29) is 6.42 Å². The van der Waals surface area contributed by atoms with E-state index in [0.29, 0.717) is 16.9 Å². The summed E-state index contributed by atoms with van der Waals surface area (Å²) in [4.78, 5) is 10.0. The summed E-state index contributed by atoms with van der Waals surface area (Å²) in [5.41, 5.74) is 0. The van der Waals surface area contributed by atoms with Gasteiger partial charge >= 0.3 is 0 Å². The van der Waals surface area contributed by atoms with Crippen LogP contribution in [0.3, 0.4) is 0 Å². The maximum Gasteiger partial charge on any atom is 0.154 e. The van der Waals surface area contributed by atoms with Crippen molar-refractivity contribution in [2.75, 3.05) is 26.6 Å². The smallest absolute Gasteiger partial charge is 0.154 e. The minimum atomic E-state index is -0.987. The van der Waals surface area contributed by atoms with Gasteiger partial charge in [-0.25, -0.2) is 0 Å². The second kappa shape index (κ2) is 4.57. The normalized spacial score (nSPS) is 11.5. The molecule has 0 aromatic carbocycles. The van der Waals surface area contributed by atoms with Gasteiger partial charge in [-0.1, -0.05) is 11.6 Å². The Morgan fingerprint density at radius 3 is 2.45 bits per heavy atom. The predicted molar refractivity (Wildman–Crippen MR) is 41.9 cm³/mol. The number of carboxylic acid groups (broad SMARTS) is 1. The molecular formula is C7H14ClNO2. The molecule has 0 saturated carbocycles. The molecule has 0 radical (unpaired) electrons. The molecule has 0 heterocycles. The second-order valence-corrected chi connectivity index (χ2v) is 3.49. The van der Waals surface area contributed by atoms with Crippen LogP contribution in [0.15, 0.2) is 0 Å². The van der Waals surface area contributed by atoms with Crippen molar-refractivity contribution in [2.45, 2.75) is 12.8 Å². The van der Waals surface area contributed by atoms with E-state index in [1.54, 1.807) is 0 Å². The van der Waals surface area contributed by atoms with Gasteiger partial charge in [-0.2, -0.15) is 0 Å². The van der Waals surface area contributed by atoms with Gasteiger partial charge in [0.15, 0.2) is 6.00 Å². The topological polar surface area (TPSA) is 40.1 Å². The van der Waals surface area contributed by atoms with Crippen LogP contribution < -0.4 is 5.11 Å². The fraction of sp³-hybridized carbons (Fsp3) is 0.857. The Kier molecular flexibility index (Phi) is 4.45. The van der Waals surface area contributed by atoms with E-state index in [1.165, 1.54) is 0 Å². The molecule has 0 spiro atoms. The molecule has 0 rings (SSSR count). The van der Waals surface area contributed by atoms with Crippen molar-refractivity contribution in [3.8, 4) is 0 Å². The zero-order valence-corrected chi connectivity index (χ0v) is 7.73. The number of carboxylic acids is 1. The van der Waals surface area contributed by atoms with Gasteiger partial charge < -0.3 is 14.4 Å². The number of carbonyl (C=O) groups excluding carboxylic acids is 1. The summed E-state index contributed by atoms with van der Waals surface area (Å²) in [6.45, 7) is 0.775. The number of carbonyl (C=O) groups is 1. The van der Waals surface area contributed by atoms with Gasteiger partial charge in [0, 0.05) is 12.4 Å². The third kappa shape index (κ3) is 6.13. The highest BCUT2D eigenvalue weighted by molar-refractivity contribution is 6.16. The predicted octanol–water partition coefficient (Wildman–Crippen LogP) is -0.211. The van der Waals surface area contributed by atoms with Crippen molar-refractivity contribution in [2.24, 2.45) is 0 Å². The summed E-state index contributed by atoms with van der Waals surface area (Å²) < 4.78 is 0.648. The summed E-state index contributed by atoms with van der Waals surface area (Å²) in [5.74, 6) is -0.987. The van der Waals surface area contributed by atoms with Crippen molar-refractivity contribution in [3.05, 3.63) is 0 Å². The van der Waals surface area contributed by atoms with Gasteiger partial charge in [-0.3, -0.25) is 0 Å². The van der Waals surface area contributed by atoms with Crippen LogP contribution in [-0.4, -0.2) is 37.1 Å². The lowest BCUT2D eigenvalue weighted by Gasteiger charge is -2.26. The maximum atomic E-state index is 10.0. The molecule has 0 saturated heterocycles. The van der Waals surface area contributed by atoms with Crippen LogP contribution in [0.5, 0.6) is 0 Å². The Morgan fingerprint density at radius 1 is 1.55 bits per heavy atom. The first kappa shape index (κ1) is 10.7. The van der Waals surface area contributed by atoms with Crippen molar-refractivity contribution in [3.63, 3.8) is 0 Å². The zero-order chi connectivity index (χ0) is 8.91. The van der Waals surface area contributed by atoms with Crippen LogP contribution in [0, 0.1) is 0 Å². The van der Waals surface area contributed by atoms with Crippen LogP contribution in [0.1, 0.15) is 12.8 Å². The van der Waals surface area contributed by atoms with Gasteiger partial charge in [-0.05, 0) is 6.42 Å². The summed E-state index contributed by atoms with van der Waals surface area (Å²) in [5, 5.41) is 10.0. The van der Waals surface area contributed by atoms with Gasteiger partial charge in [0.1, 0.15) is 0 Å². The second-order valence-electron chi connectivity index (χ2n) is 3.25. The van der Waals surface area contributed by atoms with Crippen molar-refractivity contribution < 1.29 is 14.4 Å². The summed E-state index contributed by atoms with van der Waals surface area (Å²) in [7, 11) is 3.92. The Hall–Kier alpha value is -0.280. The lowest BCUT2D eigenvalue weighted by molar-refractivity contribution is -0.879. The van der Waals surface area contributed by atoms with E-state index in [0.717, 1.165) is 6.54 Å². The monoisotopic (exact) mass is 179 g/mol. The Morgan fingerprint density at radius 2 is 2.09 bits per heavy atom. The molecule has 0 bridgehead atoms. The zero-order valence-electron chi connectivity index (χ0n) is 6.97. The van der Waals surface area contributed by atoms with Crippen LogP contribution in [0.25, 0.3) is 0 Å². The molecule has 66 valence electrons. The minimum Gasteiger partial charge on any atom is -0.550 e. The van der Waals surface area contributed by atoms with E-state index in [9.17, 15) is 9.90 Å². The first-order valence-electron chi connectivity index (χ1n) is 3.56. The fourth-order valence-corrected chi connectivity index (χ4v) is 0.831. The molecule has 0 amide bonds. The number of nitrogens with zero attached hydrogens (tertiary/aromatic N) is 1. The average Bonchev–Trinajstić information content (AvgIpc) is 1.87. The molecule has 0 unspecified atom stereocenters. The van der Waals surface area contributed by atoms with E-state index < -0.39 is 5.97 Å². The maximum absolute atomic E-state index is 10.0. The summed E-state index contributed by atoms with van der Waals surface area (Å²) >= 11 is 5.62. The number of quaternary nitrogens is 1. The number of halogens is 1. The van der Waals surface area contributed by atoms with Gasteiger partial charge in [0.2, 0.25) is 0 Å². The Labute approximate surface area is 72.2 Å². The molecule has 0 aromatic heterocycles. The molecule has 3 nitrogen and oxygen atoms in total. The molecule has 0 aliphatic rings. The molecule has 0 aliphatic carbocycles. The summed E-state index contributed by atoms with van der Waals surface area (Å²) in [6.07, 6.45) is 0.751. The Bertz CT molecular complexity index is 136. The van der Waals surface area contributed by atoms with Gasteiger partial charge in [0.25, 0.3) is 0 Å². The molecule has 0 N–H and O–H groups in total. The molecular weight excluding hydrogens is 166 g/mol. The highest BCUT2D eigenvalue weighted by atomic mass is 35.5. The van der Waals surface area contributed by atoms with Crippen molar-refractivity contribution in [1.82, 2.24) is 0 Å². The fourth-order valence-electron chi connectivity index (χ4n) is 0.711. The number of hydrogen-bond donors (Lipinski definition) is 0. The molecule has 4 heteroatoms. The number of alkyl halides is 1. The van der Waals surface area contributed by atoms with Crippen LogP contribution in [-0.2, 0) is 4.79 Å². The standard InChI is InChI=1S/C7H14ClNO2/c1-9(2,6-8)5-3-4-7(10)11/h3-6H2,1-2H3. The highest BCUT2D eigenvalue weighted by Crippen LogP contribution is 2.02. The largest absolute Gasteiger partial charge is 0.550 e.